The van der Waals surface area contributed by atoms with Crippen molar-refractivity contribution < 1.29 is 4.79 Å². The van der Waals surface area contributed by atoms with Crippen LogP contribution in [0.3, 0.4) is 0 Å². The van der Waals surface area contributed by atoms with Crippen LogP contribution in [0.2, 0.25) is 5.02 Å². The van der Waals surface area contributed by atoms with Crippen LogP contribution in [0.25, 0.3) is 0 Å². The van der Waals surface area contributed by atoms with E-state index in [0.717, 1.165) is 17.5 Å². The predicted octanol–water partition coefficient (Wildman–Crippen LogP) is 3.35. The molecule has 0 aliphatic heterocycles. The molecule has 4 nitrogen and oxygen atoms in total. The molecule has 1 amide bonds. The van der Waals surface area contributed by atoms with E-state index in [1.165, 1.54) is 32.1 Å². The quantitative estimate of drug-likeness (QED) is 0.928. The molecule has 4 bridgehead atoms. The summed E-state index contributed by atoms with van der Waals surface area (Å²) in [6, 6.07) is 0.0817. The van der Waals surface area contributed by atoms with Crippen molar-refractivity contribution in [2.75, 3.05) is 0 Å². The highest BCUT2D eigenvalue weighted by Crippen LogP contribution is 2.53. The molecule has 4 aliphatic carbocycles. The fraction of sp³-hybridized carbons (Fsp3) is 0.765. The summed E-state index contributed by atoms with van der Waals surface area (Å²) in [7, 11) is 0. The number of rotatable bonds is 3. The number of nitrogens with zero attached hydrogens (tertiary/aromatic N) is 2. The van der Waals surface area contributed by atoms with E-state index >= 15 is 0 Å². The van der Waals surface area contributed by atoms with Crippen LogP contribution in [-0.4, -0.2) is 21.7 Å². The number of halogens is 1. The molecule has 1 heterocycles. The van der Waals surface area contributed by atoms with E-state index < -0.39 is 0 Å². The molecule has 4 fully saturated rings. The van der Waals surface area contributed by atoms with Crippen molar-refractivity contribution in [3.63, 3.8) is 0 Å². The topological polar surface area (TPSA) is 46.9 Å². The third-order valence-electron chi connectivity index (χ3n) is 6.17. The van der Waals surface area contributed by atoms with Gasteiger partial charge in [-0.3, -0.25) is 9.48 Å². The van der Waals surface area contributed by atoms with Gasteiger partial charge in [0.2, 0.25) is 5.91 Å². The van der Waals surface area contributed by atoms with E-state index in [2.05, 4.69) is 10.4 Å². The Morgan fingerprint density at radius 1 is 1.27 bits per heavy atom. The number of aromatic nitrogens is 2. The molecule has 1 aromatic heterocycles. The first-order valence-corrected chi connectivity index (χ1v) is 8.90. The highest BCUT2D eigenvalue weighted by molar-refractivity contribution is 6.31. The van der Waals surface area contributed by atoms with Crippen molar-refractivity contribution in [1.82, 2.24) is 15.1 Å². The second-order valence-corrected chi connectivity index (χ2v) is 8.09. The zero-order valence-corrected chi connectivity index (χ0v) is 14.0. The highest BCUT2D eigenvalue weighted by Gasteiger charge is 2.48. The summed E-state index contributed by atoms with van der Waals surface area (Å²) in [4.78, 5) is 12.6. The van der Waals surface area contributed by atoms with Gasteiger partial charge in [0.05, 0.1) is 10.7 Å². The summed E-state index contributed by atoms with van der Waals surface area (Å²) in [6.07, 6.45) is 8.46. The van der Waals surface area contributed by atoms with Gasteiger partial charge < -0.3 is 5.32 Å². The fourth-order valence-corrected chi connectivity index (χ4v) is 5.36. The molecule has 1 atom stereocenters. The minimum atomic E-state index is -0.302. The lowest BCUT2D eigenvalue weighted by atomic mass is 9.54. The van der Waals surface area contributed by atoms with Gasteiger partial charge in [0.1, 0.15) is 6.04 Å². The van der Waals surface area contributed by atoms with Gasteiger partial charge in [-0.2, -0.15) is 5.10 Å². The van der Waals surface area contributed by atoms with Crippen LogP contribution in [0.15, 0.2) is 6.20 Å². The molecular formula is C17H24ClN3O. The number of nitrogens with one attached hydrogen (secondary N) is 1. The lowest BCUT2D eigenvalue weighted by Gasteiger charge is -2.54. The second-order valence-electron chi connectivity index (χ2n) is 7.68. The lowest BCUT2D eigenvalue weighted by molar-refractivity contribution is -0.128. The fourth-order valence-electron chi connectivity index (χ4n) is 5.22. The predicted molar refractivity (Wildman–Crippen MR) is 85.7 cm³/mol. The molecule has 1 unspecified atom stereocenters. The van der Waals surface area contributed by atoms with Crippen LogP contribution in [0.4, 0.5) is 0 Å². The Labute approximate surface area is 136 Å². The van der Waals surface area contributed by atoms with Crippen molar-refractivity contribution in [3.05, 3.63) is 16.9 Å². The van der Waals surface area contributed by atoms with Gasteiger partial charge in [0, 0.05) is 12.2 Å². The Hall–Kier alpha value is -1.03. The molecule has 1 N–H and O–H groups in total. The van der Waals surface area contributed by atoms with E-state index in [4.69, 9.17) is 11.6 Å². The van der Waals surface area contributed by atoms with Gasteiger partial charge in [-0.05, 0) is 69.6 Å². The number of amides is 1. The molecular weight excluding hydrogens is 298 g/mol. The summed E-state index contributed by atoms with van der Waals surface area (Å²) < 4.78 is 1.68. The Morgan fingerprint density at radius 3 is 2.36 bits per heavy atom. The molecule has 5 heteroatoms. The van der Waals surface area contributed by atoms with E-state index in [1.807, 2.05) is 13.8 Å². The highest BCUT2D eigenvalue weighted by atomic mass is 35.5. The first kappa shape index (κ1) is 14.6. The first-order chi connectivity index (χ1) is 10.5. The van der Waals surface area contributed by atoms with Crippen LogP contribution in [0.1, 0.15) is 50.8 Å². The maximum atomic E-state index is 12.6. The summed E-state index contributed by atoms with van der Waals surface area (Å²) in [6.45, 7) is 3.76. The molecule has 1 aromatic rings. The zero-order valence-electron chi connectivity index (χ0n) is 13.3. The number of hydrogen-bond donors (Lipinski definition) is 1. The van der Waals surface area contributed by atoms with Crippen LogP contribution >= 0.6 is 11.6 Å². The number of carbonyl (C=O) groups is 1. The van der Waals surface area contributed by atoms with Gasteiger partial charge in [-0.1, -0.05) is 11.6 Å². The van der Waals surface area contributed by atoms with E-state index in [-0.39, 0.29) is 11.9 Å². The largest absolute Gasteiger partial charge is 0.351 e. The van der Waals surface area contributed by atoms with Crippen molar-refractivity contribution >= 4 is 17.5 Å². The molecule has 0 saturated heterocycles. The molecule has 0 radical (unpaired) electrons. The van der Waals surface area contributed by atoms with Gasteiger partial charge in [0.25, 0.3) is 0 Å². The summed E-state index contributed by atoms with van der Waals surface area (Å²) in [5, 5.41) is 8.31. The van der Waals surface area contributed by atoms with Crippen molar-refractivity contribution in [2.24, 2.45) is 23.7 Å². The summed E-state index contributed by atoms with van der Waals surface area (Å²) in [5.41, 5.74) is 0.774. The van der Waals surface area contributed by atoms with E-state index in [1.54, 1.807) is 10.9 Å². The third kappa shape index (κ3) is 2.36. The SMILES string of the molecule is Cc1nn(C(C)C(=O)NC2C3CC4CC(C3)CC2C4)cc1Cl. The van der Waals surface area contributed by atoms with Gasteiger partial charge in [0.15, 0.2) is 0 Å². The Morgan fingerprint density at radius 2 is 1.86 bits per heavy atom. The molecule has 120 valence electrons. The number of aryl methyl sites for hydroxylation is 1. The van der Waals surface area contributed by atoms with Gasteiger partial charge in [-0.15, -0.1) is 0 Å². The van der Waals surface area contributed by atoms with Crippen molar-refractivity contribution in [3.8, 4) is 0 Å². The Kier molecular flexibility index (Phi) is 3.48. The van der Waals surface area contributed by atoms with Crippen LogP contribution in [-0.2, 0) is 4.79 Å². The average Bonchev–Trinajstić information content (AvgIpc) is 2.80. The van der Waals surface area contributed by atoms with Gasteiger partial charge >= 0.3 is 0 Å². The molecule has 4 aliphatic rings. The molecule has 0 aromatic carbocycles. The molecule has 5 rings (SSSR count). The van der Waals surface area contributed by atoms with Crippen LogP contribution < -0.4 is 5.32 Å². The second kappa shape index (κ2) is 5.26. The lowest BCUT2D eigenvalue weighted by Crippen LogP contribution is -2.56. The minimum absolute atomic E-state index is 0.0802. The molecule has 22 heavy (non-hydrogen) atoms. The van der Waals surface area contributed by atoms with Gasteiger partial charge in [-0.25, -0.2) is 0 Å². The first-order valence-electron chi connectivity index (χ1n) is 8.53. The molecule has 0 spiro atoms. The van der Waals surface area contributed by atoms with E-state index in [0.29, 0.717) is 22.9 Å². The number of carbonyl (C=O) groups excluding carboxylic acids is 1. The Balaban J connectivity index is 1.45. The van der Waals surface area contributed by atoms with Crippen molar-refractivity contribution in [2.45, 2.75) is 58.0 Å². The smallest absolute Gasteiger partial charge is 0.244 e. The maximum absolute atomic E-state index is 12.6. The average molecular weight is 322 g/mol. The zero-order chi connectivity index (χ0) is 15.4. The van der Waals surface area contributed by atoms with Crippen LogP contribution in [0.5, 0.6) is 0 Å². The number of hydrogen-bond acceptors (Lipinski definition) is 2. The monoisotopic (exact) mass is 321 g/mol. The normalized spacial score (nSPS) is 37.3. The summed E-state index contributed by atoms with van der Waals surface area (Å²) >= 11 is 6.05. The standard InChI is InChI=1S/C17H24ClN3O/c1-9-15(18)8-21(20-9)10(2)17(22)19-16-13-4-11-3-12(6-13)7-14(16)5-11/h8,10-14,16H,3-7H2,1-2H3,(H,19,22). The van der Waals surface area contributed by atoms with Crippen molar-refractivity contribution in [1.29, 1.82) is 0 Å². The molecule has 4 saturated carbocycles. The minimum Gasteiger partial charge on any atom is -0.351 e. The Bertz CT molecular complexity index is 549. The third-order valence-corrected chi connectivity index (χ3v) is 6.54. The maximum Gasteiger partial charge on any atom is 0.244 e. The summed E-state index contributed by atoms with van der Waals surface area (Å²) in [5.74, 6) is 3.35. The van der Waals surface area contributed by atoms with Crippen LogP contribution in [0, 0.1) is 30.6 Å². The van der Waals surface area contributed by atoms with E-state index in [9.17, 15) is 4.79 Å².